The Hall–Kier alpha value is -1.68. The summed E-state index contributed by atoms with van der Waals surface area (Å²) in [5.74, 6) is 0.993. The third kappa shape index (κ3) is 6.17. The van der Waals surface area contributed by atoms with Crippen molar-refractivity contribution in [2.24, 2.45) is 4.99 Å². The number of aliphatic imine (C=N–C) groups is 1. The van der Waals surface area contributed by atoms with Crippen molar-refractivity contribution in [3.8, 4) is 0 Å². The van der Waals surface area contributed by atoms with Gasteiger partial charge in [-0.25, -0.2) is 4.98 Å². The molecule has 0 spiro atoms. The van der Waals surface area contributed by atoms with Crippen LogP contribution in [0.25, 0.3) is 0 Å². The lowest BCUT2D eigenvalue weighted by Crippen LogP contribution is -2.37. The van der Waals surface area contributed by atoms with E-state index in [1.807, 2.05) is 23.2 Å². The first kappa shape index (κ1) is 21.6. The molecule has 8 heteroatoms. The Labute approximate surface area is 181 Å². The molecule has 0 aliphatic carbocycles. The van der Waals surface area contributed by atoms with Crippen LogP contribution in [0.15, 0.2) is 35.5 Å². The molecular formula is C19H26IN5OS. The lowest BCUT2D eigenvalue weighted by Gasteiger charge is -2.16. The predicted octanol–water partition coefficient (Wildman–Crippen LogP) is 3.10. The highest BCUT2D eigenvalue weighted by Crippen LogP contribution is 2.21. The van der Waals surface area contributed by atoms with Crippen molar-refractivity contribution in [3.63, 3.8) is 0 Å². The second kappa shape index (κ2) is 10.6. The Balaban J connectivity index is 0.00000261. The van der Waals surface area contributed by atoms with Gasteiger partial charge < -0.3 is 15.5 Å². The van der Waals surface area contributed by atoms with Crippen LogP contribution in [-0.4, -0.2) is 37.0 Å². The standard InChI is InChI=1S/C19H25N5OS.HI/c1-14-12-22-17(26-14)9-10-21-19(20-2)23-13-15-5-7-16(8-6-15)24-11-3-4-18(24)25;/h5-8,12H,3-4,9-11,13H2,1-2H3,(H2,20,21,23);1H. The summed E-state index contributed by atoms with van der Waals surface area (Å²) < 4.78 is 0. The Bertz CT molecular complexity index is 775. The molecule has 0 unspecified atom stereocenters. The Morgan fingerprint density at radius 2 is 2.07 bits per heavy atom. The van der Waals surface area contributed by atoms with Crippen molar-refractivity contribution >= 4 is 52.9 Å². The van der Waals surface area contributed by atoms with Crippen LogP contribution in [-0.2, 0) is 17.8 Å². The molecule has 1 saturated heterocycles. The van der Waals surface area contributed by atoms with E-state index in [2.05, 4.69) is 39.7 Å². The van der Waals surface area contributed by atoms with E-state index < -0.39 is 0 Å². The number of carbonyl (C=O) groups is 1. The number of carbonyl (C=O) groups excluding carboxylic acids is 1. The molecule has 2 heterocycles. The first-order chi connectivity index (χ1) is 12.7. The average Bonchev–Trinajstić information content (AvgIpc) is 3.26. The minimum absolute atomic E-state index is 0. The average molecular weight is 499 g/mol. The fourth-order valence-corrected chi connectivity index (χ4v) is 3.71. The van der Waals surface area contributed by atoms with Crippen molar-refractivity contribution in [1.82, 2.24) is 15.6 Å². The second-order valence-electron chi connectivity index (χ2n) is 6.28. The van der Waals surface area contributed by atoms with Gasteiger partial charge in [0.2, 0.25) is 5.91 Å². The summed E-state index contributed by atoms with van der Waals surface area (Å²) in [5.41, 5.74) is 2.14. The lowest BCUT2D eigenvalue weighted by molar-refractivity contribution is -0.117. The molecule has 1 aromatic heterocycles. The van der Waals surface area contributed by atoms with Gasteiger partial charge in [0.15, 0.2) is 5.96 Å². The van der Waals surface area contributed by atoms with E-state index in [1.54, 1.807) is 18.4 Å². The van der Waals surface area contributed by atoms with E-state index >= 15 is 0 Å². The van der Waals surface area contributed by atoms with Crippen LogP contribution in [0, 0.1) is 6.92 Å². The minimum Gasteiger partial charge on any atom is -0.356 e. The fourth-order valence-electron chi connectivity index (χ4n) is 2.93. The van der Waals surface area contributed by atoms with Gasteiger partial charge in [0.25, 0.3) is 0 Å². The van der Waals surface area contributed by atoms with Gasteiger partial charge >= 0.3 is 0 Å². The molecule has 3 rings (SSSR count). The number of nitrogens with zero attached hydrogens (tertiary/aromatic N) is 3. The summed E-state index contributed by atoms with van der Waals surface area (Å²) in [6, 6.07) is 8.14. The van der Waals surface area contributed by atoms with Crippen molar-refractivity contribution in [2.45, 2.75) is 32.7 Å². The van der Waals surface area contributed by atoms with Crippen molar-refractivity contribution in [1.29, 1.82) is 0 Å². The number of rotatable bonds is 6. The number of hydrogen-bond acceptors (Lipinski definition) is 4. The summed E-state index contributed by atoms with van der Waals surface area (Å²) in [7, 11) is 1.77. The summed E-state index contributed by atoms with van der Waals surface area (Å²) >= 11 is 1.73. The maximum Gasteiger partial charge on any atom is 0.227 e. The van der Waals surface area contributed by atoms with Crippen LogP contribution < -0.4 is 15.5 Å². The number of amides is 1. The van der Waals surface area contributed by atoms with Crippen molar-refractivity contribution < 1.29 is 4.79 Å². The molecule has 1 aliphatic heterocycles. The van der Waals surface area contributed by atoms with Gasteiger partial charge in [-0.05, 0) is 31.0 Å². The molecule has 1 aromatic carbocycles. The van der Waals surface area contributed by atoms with Crippen LogP contribution in [0.5, 0.6) is 0 Å². The number of guanidine groups is 1. The number of halogens is 1. The van der Waals surface area contributed by atoms with Gasteiger partial charge in [-0.3, -0.25) is 9.79 Å². The molecule has 2 N–H and O–H groups in total. The SMILES string of the molecule is CN=C(NCCc1ncc(C)s1)NCc1ccc(N2CCCC2=O)cc1.I. The van der Waals surface area contributed by atoms with Crippen molar-refractivity contribution in [3.05, 3.63) is 45.9 Å². The smallest absolute Gasteiger partial charge is 0.227 e. The molecule has 0 saturated carbocycles. The third-order valence-electron chi connectivity index (χ3n) is 4.31. The second-order valence-corrected chi connectivity index (χ2v) is 7.60. The summed E-state index contributed by atoms with van der Waals surface area (Å²) in [6.07, 6.45) is 4.40. The number of aryl methyl sites for hydroxylation is 1. The monoisotopic (exact) mass is 499 g/mol. The number of hydrogen-bond donors (Lipinski definition) is 2. The van der Waals surface area contributed by atoms with E-state index in [0.717, 1.165) is 48.1 Å². The molecule has 1 amide bonds. The normalized spacial score (nSPS) is 14.2. The first-order valence-corrected chi connectivity index (χ1v) is 9.72. The summed E-state index contributed by atoms with van der Waals surface area (Å²) in [4.78, 5) is 23.5. The molecule has 0 atom stereocenters. The largest absolute Gasteiger partial charge is 0.356 e. The van der Waals surface area contributed by atoms with E-state index in [0.29, 0.717) is 13.0 Å². The fraction of sp³-hybridized carbons (Fsp3) is 0.421. The highest BCUT2D eigenvalue weighted by molar-refractivity contribution is 14.0. The third-order valence-corrected chi connectivity index (χ3v) is 5.28. The first-order valence-electron chi connectivity index (χ1n) is 8.91. The maximum absolute atomic E-state index is 11.8. The molecule has 27 heavy (non-hydrogen) atoms. The van der Waals surface area contributed by atoms with E-state index in [1.165, 1.54) is 4.88 Å². The highest BCUT2D eigenvalue weighted by Gasteiger charge is 2.21. The van der Waals surface area contributed by atoms with Gasteiger partial charge in [-0.2, -0.15) is 0 Å². The minimum atomic E-state index is 0. The summed E-state index contributed by atoms with van der Waals surface area (Å²) in [6.45, 7) is 4.37. The molecule has 2 aromatic rings. The Morgan fingerprint density at radius 1 is 1.30 bits per heavy atom. The van der Waals surface area contributed by atoms with Gasteiger partial charge in [0, 0.05) is 56.3 Å². The predicted molar refractivity (Wildman–Crippen MR) is 122 cm³/mol. The lowest BCUT2D eigenvalue weighted by atomic mass is 10.2. The Morgan fingerprint density at radius 3 is 2.67 bits per heavy atom. The molecule has 146 valence electrons. The van der Waals surface area contributed by atoms with E-state index in [-0.39, 0.29) is 29.9 Å². The number of anilines is 1. The number of benzene rings is 1. The zero-order valence-electron chi connectivity index (χ0n) is 15.7. The van der Waals surface area contributed by atoms with Gasteiger partial charge in [-0.1, -0.05) is 12.1 Å². The summed E-state index contributed by atoms with van der Waals surface area (Å²) in [5, 5.41) is 7.76. The Kier molecular flexibility index (Phi) is 8.49. The topological polar surface area (TPSA) is 69.6 Å². The number of nitrogens with one attached hydrogen (secondary N) is 2. The molecule has 6 nitrogen and oxygen atoms in total. The van der Waals surface area contributed by atoms with Crippen LogP contribution in [0.2, 0.25) is 0 Å². The van der Waals surface area contributed by atoms with Gasteiger partial charge in [0.05, 0.1) is 5.01 Å². The zero-order valence-corrected chi connectivity index (χ0v) is 18.8. The van der Waals surface area contributed by atoms with Gasteiger partial charge in [-0.15, -0.1) is 35.3 Å². The molecule has 0 radical (unpaired) electrons. The number of aromatic nitrogens is 1. The molecule has 1 fully saturated rings. The van der Waals surface area contributed by atoms with Gasteiger partial charge in [0.1, 0.15) is 0 Å². The quantitative estimate of drug-likeness (QED) is 0.364. The maximum atomic E-state index is 11.8. The zero-order chi connectivity index (χ0) is 18.4. The molecular weight excluding hydrogens is 473 g/mol. The van der Waals surface area contributed by atoms with Crippen LogP contribution in [0.1, 0.15) is 28.3 Å². The molecule has 1 aliphatic rings. The number of thiazole rings is 1. The van der Waals surface area contributed by atoms with Crippen molar-refractivity contribution in [2.75, 3.05) is 25.0 Å². The van der Waals surface area contributed by atoms with Crippen LogP contribution in [0.3, 0.4) is 0 Å². The molecule has 0 bridgehead atoms. The van der Waals surface area contributed by atoms with E-state index in [4.69, 9.17) is 0 Å². The van der Waals surface area contributed by atoms with E-state index in [9.17, 15) is 4.79 Å². The van der Waals surface area contributed by atoms with Crippen LogP contribution in [0.4, 0.5) is 5.69 Å². The highest BCUT2D eigenvalue weighted by atomic mass is 127. The van der Waals surface area contributed by atoms with Crippen LogP contribution >= 0.6 is 35.3 Å².